The molecule has 0 fully saturated rings. The van der Waals surface area contributed by atoms with Gasteiger partial charge in [-0.3, -0.25) is 10.1 Å². The van der Waals surface area contributed by atoms with Crippen LogP contribution in [0.2, 0.25) is 0 Å². The Kier molecular flexibility index (Phi) is 2.74. The van der Waals surface area contributed by atoms with E-state index in [1.54, 1.807) is 0 Å². The lowest BCUT2D eigenvalue weighted by Gasteiger charge is -1.90. The number of sulfone groups is 1. The van der Waals surface area contributed by atoms with Crippen molar-refractivity contribution in [3.8, 4) is 0 Å². The normalized spacial score (nSPS) is 11.5. The molecule has 0 atom stereocenters. The number of nitro groups is 1. The van der Waals surface area contributed by atoms with E-state index in [4.69, 9.17) is 0 Å². The zero-order valence-corrected chi connectivity index (χ0v) is 9.57. The highest BCUT2D eigenvalue weighted by Crippen LogP contribution is 2.35. The number of hydrogen-bond donors (Lipinski definition) is 0. The zero-order valence-electron chi connectivity index (χ0n) is 6.35. The average molecular weight is 286 g/mol. The van der Waals surface area contributed by atoms with E-state index in [1.165, 1.54) is 0 Å². The first kappa shape index (κ1) is 10.6. The van der Waals surface area contributed by atoms with Gasteiger partial charge in [-0.15, -0.1) is 0 Å². The van der Waals surface area contributed by atoms with Gasteiger partial charge in [-0.05, 0) is 15.9 Å². The van der Waals surface area contributed by atoms with Crippen LogP contribution in [0.25, 0.3) is 0 Å². The first-order chi connectivity index (χ1) is 5.82. The second kappa shape index (κ2) is 3.35. The zero-order chi connectivity index (χ0) is 10.2. The molecule has 1 heterocycles. The molecular formula is C5H4BrNO4S2. The number of rotatable bonds is 2. The van der Waals surface area contributed by atoms with Crippen LogP contribution in [0.4, 0.5) is 5.00 Å². The van der Waals surface area contributed by atoms with E-state index < -0.39 is 14.8 Å². The minimum absolute atomic E-state index is 0.0378. The van der Waals surface area contributed by atoms with Crippen LogP contribution in [0.15, 0.2) is 14.7 Å². The van der Waals surface area contributed by atoms with Crippen LogP contribution in [0.1, 0.15) is 0 Å². The van der Waals surface area contributed by atoms with Crippen LogP contribution < -0.4 is 0 Å². The highest BCUT2D eigenvalue weighted by Gasteiger charge is 2.21. The SMILES string of the molecule is CS(=O)(=O)c1cc([N+](=O)[O-])sc1Br. The summed E-state index contributed by atoms with van der Waals surface area (Å²) in [6.45, 7) is 0. The van der Waals surface area contributed by atoms with E-state index >= 15 is 0 Å². The summed E-state index contributed by atoms with van der Waals surface area (Å²) in [5.41, 5.74) is 0. The van der Waals surface area contributed by atoms with Crippen LogP contribution >= 0.6 is 27.3 Å². The summed E-state index contributed by atoms with van der Waals surface area (Å²) in [5.74, 6) is 0. The highest BCUT2D eigenvalue weighted by molar-refractivity contribution is 9.11. The van der Waals surface area contributed by atoms with Crippen LogP contribution in [0.3, 0.4) is 0 Å². The summed E-state index contributed by atoms with van der Waals surface area (Å²) in [6.07, 6.45) is 1.00. The van der Waals surface area contributed by atoms with Gasteiger partial charge in [0.15, 0.2) is 9.84 Å². The van der Waals surface area contributed by atoms with E-state index in [0.717, 1.165) is 23.7 Å². The topological polar surface area (TPSA) is 77.3 Å². The van der Waals surface area contributed by atoms with Crippen molar-refractivity contribution < 1.29 is 13.3 Å². The molecule has 0 aliphatic heterocycles. The Hall–Kier alpha value is -0.470. The Labute approximate surface area is 86.6 Å². The fourth-order valence-corrected chi connectivity index (χ4v) is 4.04. The van der Waals surface area contributed by atoms with Crippen molar-refractivity contribution in [3.63, 3.8) is 0 Å². The van der Waals surface area contributed by atoms with E-state index in [0.29, 0.717) is 0 Å². The first-order valence-corrected chi connectivity index (χ1v) is 6.46. The summed E-state index contributed by atoms with van der Waals surface area (Å²) in [7, 11) is -3.39. The average Bonchev–Trinajstić information content (AvgIpc) is 2.29. The van der Waals surface area contributed by atoms with Gasteiger partial charge in [-0.25, -0.2) is 8.42 Å². The van der Waals surface area contributed by atoms with Crippen LogP contribution in [-0.2, 0) is 9.84 Å². The molecule has 0 aromatic carbocycles. The third-order valence-electron chi connectivity index (χ3n) is 1.22. The quantitative estimate of drug-likeness (QED) is 0.613. The van der Waals surface area contributed by atoms with Crippen molar-refractivity contribution >= 4 is 42.1 Å². The van der Waals surface area contributed by atoms with Gasteiger partial charge in [0, 0.05) is 12.3 Å². The minimum Gasteiger partial charge on any atom is -0.258 e. The molecule has 0 N–H and O–H groups in total. The van der Waals surface area contributed by atoms with Gasteiger partial charge in [0.25, 0.3) is 0 Å². The predicted octanol–water partition coefficient (Wildman–Crippen LogP) is 1.82. The monoisotopic (exact) mass is 285 g/mol. The second-order valence-electron chi connectivity index (χ2n) is 2.25. The van der Waals surface area contributed by atoms with Gasteiger partial charge in [0.2, 0.25) is 0 Å². The summed E-state index contributed by atoms with van der Waals surface area (Å²) in [6, 6.07) is 1.05. The standard InChI is InChI=1S/C5H4BrNO4S2/c1-13(10,11)3-2-4(7(8)9)12-5(3)6/h2H,1H3. The predicted molar refractivity (Wildman–Crippen MR) is 51.8 cm³/mol. The molecule has 0 unspecified atom stereocenters. The molecule has 0 saturated heterocycles. The lowest BCUT2D eigenvalue weighted by Crippen LogP contribution is -1.95. The minimum atomic E-state index is -3.39. The fraction of sp³-hybridized carbons (Fsp3) is 0.200. The van der Waals surface area contributed by atoms with Gasteiger partial charge in [-0.2, -0.15) is 0 Å². The van der Waals surface area contributed by atoms with E-state index in [1.807, 2.05) is 0 Å². The van der Waals surface area contributed by atoms with Crippen molar-refractivity contribution in [1.82, 2.24) is 0 Å². The molecular weight excluding hydrogens is 282 g/mol. The first-order valence-electron chi connectivity index (χ1n) is 2.96. The van der Waals surface area contributed by atoms with Crippen molar-refractivity contribution in [2.24, 2.45) is 0 Å². The molecule has 1 aromatic heterocycles. The Morgan fingerprint density at radius 3 is 2.38 bits per heavy atom. The molecule has 0 radical (unpaired) electrons. The third kappa shape index (κ3) is 2.26. The maximum atomic E-state index is 11.0. The van der Waals surface area contributed by atoms with Crippen molar-refractivity contribution in [2.75, 3.05) is 6.26 Å². The Bertz CT molecular complexity index is 449. The van der Waals surface area contributed by atoms with E-state index in [2.05, 4.69) is 15.9 Å². The fourth-order valence-electron chi connectivity index (χ4n) is 0.683. The Morgan fingerprint density at radius 2 is 2.15 bits per heavy atom. The van der Waals surface area contributed by atoms with Gasteiger partial charge in [0.1, 0.15) is 0 Å². The van der Waals surface area contributed by atoms with Crippen molar-refractivity contribution in [3.05, 3.63) is 20.0 Å². The van der Waals surface area contributed by atoms with Gasteiger partial charge < -0.3 is 0 Å². The van der Waals surface area contributed by atoms with E-state index in [9.17, 15) is 18.5 Å². The van der Waals surface area contributed by atoms with Crippen molar-refractivity contribution in [2.45, 2.75) is 4.90 Å². The summed E-state index contributed by atoms with van der Waals surface area (Å²) in [4.78, 5) is 9.64. The Balaban J connectivity index is 3.35. The second-order valence-corrected chi connectivity index (χ2v) is 6.58. The maximum absolute atomic E-state index is 11.0. The summed E-state index contributed by atoms with van der Waals surface area (Å²) in [5, 5.41) is 10.1. The third-order valence-corrected chi connectivity index (χ3v) is 4.52. The smallest absolute Gasteiger partial charge is 0.258 e. The number of nitrogens with zero attached hydrogens (tertiary/aromatic N) is 1. The largest absolute Gasteiger partial charge is 0.326 e. The van der Waals surface area contributed by atoms with Crippen LogP contribution in [-0.4, -0.2) is 19.6 Å². The molecule has 0 amide bonds. The number of thiophene rings is 1. The summed E-state index contributed by atoms with van der Waals surface area (Å²) >= 11 is 3.74. The molecule has 8 heteroatoms. The molecule has 0 aliphatic rings. The van der Waals surface area contributed by atoms with Gasteiger partial charge in [0.05, 0.1) is 13.6 Å². The molecule has 0 aliphatic carbocycles. The maximum Gasteiger partial charge on any atom is 0.326 e. The molecule has 1 aromatic rings. The molecule has 5 nitrogen and oxygen atoms in total. The number of halogens is 1. The molecule has 13 heavy (non-hydrogen) atoms. The van der Waals surface area contributed by atoms with Gasteiger partial charge >= 0.3 is 5.00 Å². The number of hydrogen-bond acceptors (Lipinski definition) is 5. The molecule has 1 rings (SSSR count). The van der Waals surface area contributed by atoms with Crippen LogP contribution in [0, 0.1) is 10.1 Å². The van der Waals surface area contributed by atoms with Crippen molar-refractivity contribution in [1.29, 1.82) is 0 Å². The highest BCUT2D eigenvalue weighted by atomic mass is 79.9. The molecule has 0 bridgehead atoms. The lowest BCUT2D eigenvalue weighted by atomic mass is 10.6. The molecule has 0 spiro atoms. The lowest BCUT2D eigenvalue weighted by molar-refractivity contribution is -0.380. The molecule has 72 valence electrons. The van der Waals surface area contributed by atoms with Gasteiger partial charge in [-0.1, -0.05) is 11.3 Å². The molecule has 0 saturated carbocycles. The Morgan fingerprint density at radius 1 is 1.62 bits per heavy atom. The van der Waals surface area contributed by atoms with Crippen LogP contribution in [0.5, 0.6) is 0 Å². The van der Waals surface area contributed by atoms with E-state index in [-0.39, 0.29) is 13.7 Å². The summed E-state index contributed by atoms with van der Waals surface area (Å²) < 4.78 is 22.4.